The van der Waals surface area contributed by atoms with Crippen LogP contribution in [-0.4, -0.2) is 89.9 Å². The number of halogens is 1. The Hall–Kier alpha value is -3.33. The number of ether oxygens (including phenoxy) is 1. The van der Waals surface area contributed by atoms with Crippen molar-refractivity contribution in [3.8, 4) is 0 Å². The van der Waals surface area contributed by atoms with Crippen molar-refractivity contribution in [3.63, 3.8) is 0 Å². The molecule has 2 aromatic heterocycles. The Kier molecular flexibility index (Phi) is 8.39. The molecule has 206 valence electrons. The number of nitrogens with zero attached hydrogens (tertiary/aromatic N) is 4. The Balaban J connectivity index is 1.46. The van der Waals surface area contributed by atoms with Gasteiger partial charge in [-0.3, -0.25) is 19.7 Å². The Morgan fingerprint density at radius 2 is 1.77 bits per heavy atom. The number of carbonyl (C=O) groups is 3. The molecule has 2 amide bonds. The van der Waals surface area contributed by atoms with E-state index < -0.39 is 10.9 Å². The minimum Gasteiger partial charge on any atom is -0.465 e. The maximum Gasteiger partial charge on any atom is 0.341 e. The molecule has 1 aliphatic rings. The number of amides is 2. The van der Waals surface area contributed by atoms with Crippen molar-refractivity contribution in [2.75, 3.05) is 52.7 Å². The number of nitrogens with one attached hydrogen (secondary N) is 1. The number of carbonyl (C=O) groups excluding carboxylic acids is 3. The molecule has 0 aliphatic carbocycles. The zero-order valence-corrected chi connectivity index (χ0v) is 24.6. The van der Waals surface area contributed by atoms with Gasteiger partial charge in [0.15, 0.2) is 5.11 Å². The minimum atomic E-state index is -0.576. The van der Waals surface area contributed by atoms with E-state index in [4.69, 9.17) is 28.6 Å². The molecule has 0 saturated carbocycles. The normalized spacial score (nSPS) is 13.4. The first kappa shape index (κ1) is 28.7. The molecule has 4 rings (SSSR count). The number of rotatable bonds is 5. The first-order chi connectivity index (χ1) is 18.4. The highest BCUT2D eigenvalue weighted by atomic mass is 35.5. The highest BCUT2D eigenvalue weighted by molar-refractivity contribution is 7.80. The van der Waals surface area contributed by atoms with E-state index in [2.05, 4.69) is 5.32 Å². The fraction of sp³-hybridized carbons (Fsp3) is 0.333. The number of thiophene rings is 2. The first-order valence-corrected chi connectivity index (χ1v) is 14.0. The largest absolute Gasteiger partial charge is 0.465 e. The number of hydrogen-bond acceptors (Lipinski definition) is 9. The van der Waals surface area contributed by atoms with Crippen LogP contribution in [0.5, 0.6) is 0 Å². The second kappa shape index (κ2) is 11.4. The number of thiocarbonyl (C=S) groups is 1. The molecule has 39 heavy (non-hydrogen) atoms. The lowest BCUT2D eigenvalue weighted by Crippen LogP contribution is -2.51. The van der Waals surface area contributed by atoms with E-state index in [1.165, 1.54) is 24.1 Å². The van der Waals surface area contributed by atoms with Crippen LogP contribution in [0.1, 0.15) is 35.3 Å². The number of nitro groups is 1. The number of hydrogen-bond donors (Lipinski definition) is 1. The summed E-state index contributed by atoms with van der Waals surface area (Å²) in [6, 6.07) is 4.33. The van der Waals surface area contributed by atoms with Crippen LogP contribution in [0.3, 0.4) is 0 Å². The third kappa shape index (κ3) is 5.55. The maximum atomic E-state index is 13.3. The monoisotopic (exact) mass is 609 g/mol. The Morgan fingerprint density at radius 1 is 1.13 bits per heavy atom. The lowest BCUT2D eigenvalue weighted by Gasteiger charge is -2.36. The van der Waals surface area contributed by atoms with Gasteiger partial charge in [0.2, 0.25) is 0 Å². The number of piperazine rings is 1. The second-order valence-electron chi connectivity index (χ2n) is 8.84. The van der Waals surface area contributed by atoms with Gasteiger partial charge in [-0.25, -0.2) is 4.79 Å². The minimum absolute atomic E-state index is 0.0662. The third-order valence-corrected chi connectivity index (χ3v) is 9.43. The van der Waals surface area contributed by atoms with Gasteiger partial charge in [-0.05, 0) is 30.8 Å². The number of anilines is 1. The van der Waals surface area contributed by atoms with Gasteiger partial charge in [0.25, 0.3) is 17.5 Å². The predicted molar refractivity (Wildman–Crippen MR) is 156 cm³/mol. The summed E-state index contributed by atoms with van der Waals surface area (Å²) in [4.78, 5) is 54.7. The topological polar surface area (TPSA) is 125 Å². The number of methoxy groups -OCH3 is 1. The predicted octanol–water partition coefficient (Wildman–Crippen LogP) is 4.48. The molecule has 1 saturated heterocycles. The fourth-order valence-corrected chi connectivity index (χ4v) is 7.17. The molecule has 11 nitrogen and oxygen atoms in total. The van der Waals surface area contributed by atoms with Crippen molar-refractivity contribution in [2.45, 2.75) is 6.92 Å². The number of nitro benzene ring substituents is 1. The van der Waals surface area contributed by atoms with E-state index in [1.807, 2.05) is 4.90 Å². The van der Waals surface area contributed by atoms with Crippen LogP contribution in [-0.2, 0) is 4.74 Å². The van der Waals surface area contributed by atoms with E-state index in [9.17, 15) is 24.5 Å². The zero-order valence-electron chi connectivity index (χ0n) is 21.4. The first-order valence-electron chi connectivity index (χ1n) is 11.6. The molecule has 15 heteroatoms. The lowest BCUT2D eigenvalue weighted by atomic mass is 10.1. The van der Waals surface area contributed by atoms with Gasteiger partial charge in [-0.1, -0.05) is 11.6 Å². The van der Waals surface area contributed by atoms with E-state index >= 15 is 0 Å². The molecule has 1 aromatic carbocycles. The van der Waals surface area contributed by atoms with Gasteiger partial charge in [0.05, 0.1) is 27.5 Å². The molecule has 0 atom stereocenters. The molecule has 0 radical (unpaired) electrons. The molecule has 0 bridgehead atoms. The lowest BCUT2D eigenvalue weighted by molar-refractivity contribution is -0.384. The molecule has 3 aromatic rings. The van der Waals surface area contributed by atoms with Gasteiger partial charge >= 0.3 is 5.97 Å². The summed E-state index contributed by atoms with van der Waals surface area (Å²) < 4.78 is 5.50. The average Bonchev–Trinajstić information content (AvgIpc) is 3.42. The Bertz CT molecular complexity index is 1510. The summed E-state index contributed by atoms with van der Waals surface area (Å²) in [6.45, 7) is 3.27. The summed E-state index contributed by atoms with van der Waals surface area (Å²) in [5, 5.41) is 15.8. The van der Waals surface area contributed by atoms with Gasteiger partial charge in [0, 0.05) is 62.5 Å². The highest BCUT2D eigenvalue weighted by Gasteiger charge is 2.30. The molecule has 3 heterocycles. The van der Waals surface area contributed by atoms with Crippen LogP contribution in [0.4, 0.5) is 10.7 Å². The molecule has 0 spiro atoms. The second-order valence-corrected chi connectivity index (χ2v) is 11.7. The van der Waals surface area contributed by atoms with E-state index in [0.29, 0.717) is 61.7 Å². The van der Waals surface area contributed by atoms with Crippen molar-refractivity contribution in [1.29, 1.82) is 0 Å². The number of benzene rings is 1. The summed E-state index contributed by atoms with van der Waals surface area (Å²) in [7, 11) is 4.54. The number of esters is 1. The van der Waals surface area contributed by atoms with Crippen LogP contribution >= 0.6 is 46.5 Å². The molecule has 1 N–H and O–H groups in total. The SMILES string of the molecule is COC(=O)c1c(NC(=S)N2CCN(C(=O)c3sc4cc([N+](=O)[O-])ccc4c3Cl)CC2)sc(C(=O)N(C)C)c1C. The van der Waals surface area contributed by atoms with Gasteiger partial charge in [-0.15, -0.1) is 22.7 Å². The molecule has 0 unspecified atom stereocenters. The third-order valence-electron chi connectivity index (χ3n) is 6.23. The van der Waals surface area contributed by atoms with Crippen molar-refractivity contribution in [1.82, 2.24) is 14.7 Å². The standard InChI is InChI=1S/C24H24ClN5O6S3/c1-12-16(23(33)36-4)20(39-18(12)21(31)27(2)3)26-24(37)29-9-7-28(8-10-29)22(32)19-17(25)14-6-5-13(30(34)35)11-15(14)38-19/h5-6,11H,7-10H2,1-4H3,(H,26,37). The molecular weight excluding hydrogens is 586 g/mol. The maximum absolute atomic E-state index is 13.3. The van der Waals surface area contributed by atoms with E-state index in [-0.39, 0.29) is 28.1 Å². The zero-order chi connectivity index (χ0) is 28.6. The quantitative estimate of drug-likeness (QED) is 0.193. The smallest absolute Gasteiger partial charge is 0.341 e. The highest BCUT2D eigenvalue weighted by Crippen LogP contribution is 2.38. The van der Waals surface area contributed by atoms with Crippen molar-refractivity contribution in [2.24, 2.45) is 0 Å². The molecular formula is C24H24ClN5O6S3. The Morgan fingerprint density at radius 3 is 2.36 bits per heavy atom. The van der Waals surface area contributed by atoms with Gasteiger partial charge in [-0.2, -0.15) is 0 Å². The van der Waals surface area contributed by atoms with Crippen molar-refractivity contribution >= 4 is 90.2 Å². The van der Waals surface area contributed by atoms with Crippen LogP contribution in [0.2, 0.25) is 5.02 Å². The Labute approximate surface area is 242 Å². The van der Waals surface area contributed by atoms with Crippen molar-refractivity contribution < 1.29 is 24.0 Å². The van der Waals surface area contributed by atoms with E-state index in [0.717, 1.165) is 22.7 Å². The summed E-state index contributed by atoms with van der Waals surface area (Å²) in [6.07, 6.45) is 0. The van der Waals surface area contributed by atoms with Gasteiger partial charge < -0.3 is 24.8 Å². The van der Waals surface area contributed by atoms with Gasteiger partial charge in [0.1, 0.15) is 9.88 Å². The average molecular weight is 610 g/mol. The van der Waals surface area contributed by atoms with Crippen LogP contribution in [0.15, 0.2) is 18.2 Å². The molecule has 1 aliphatic heterocycles. The summed E-state index contributed by atoms with van der Waals surface area (Å²) in [5.41, 5.74) is 0.698. The number of fused-ring (bicyclic) bond motifs is 1. The van der Waals surface area contributed by atoms with E-state index in [1.54, 1.807) is 32.0 Å². The van der Waals surface area contributed by atoms with Crippen LogP contribution < -0.4 is 5.32 Å². The van der Waals surface area contributed by atoms with Crippen LogP contribution in [0, 0.1) is 17.0 Å². The number of non-ortho nitro benzene ring substituents is 1. The fourth-order valence-electron chi connectivity index (χ4n) is 4.09. The summed E-state index contributed by atoms with van der Waals surface area (Å²) >= 11 is 14.3. The van der Waals surface area contributed by atoms with Crippen LogP contribution in [0.25, 0.3) is 10.1 Å². The van der Waals surface area contributed by atoms with Crippen molar-refractivity contribution in [3.05, 3.63) is 54.2 Å². The molecule has 1 fully saturated rings. The summed E-state index contributed by atoms with van der Waals surface area (Å²) in [5.74, 6) is -1.06.